The van der Waals surface area contributed by atoms with E-state index in [4.69, 9.17) is 14.2 Å². The minimum atomic E-state index is -0.705. The Hall–Kier alpha value is -6.47. The van der Waals surface area contributed by atoms with Gasteiger partial charge in [0.1, 0.15) is 46.9 Å². The average Bonchev–Trinajstić information content (AvgIpc) is 4.09. The maximum Gasteiger partial charge on any atom is 0.410 e. The van der Waals surface area contributed by atoms with Gasteiger partial charge in [-0.15, -0.1) is 0 Å². The second kappa shape index (κ2) is 27.7. The largest absolute Gasteiger partial charge is 0.496 e. The molecule has 0 unspecified atom stereocenters. The summed E-state index contributed by atoms with van der Waals surface area (Å²) >= 11 is 0. The fraction of sp³-hybridized carbons (Fsp3) is 0.649. The van der Waals surface area contributed by atoms with Gasteiger partial charge in [-0.25, -0.2) is 14.0 Å². The first-order chi connectivity index (χ1) is 36.3. The zero-order chi connectivity index (χ0) is 56.8. The van der Waals surface area contributed by atoms with Crippen molar-refractivity contribution in [2.24, 2.45) is 23.7 Å². The van der Waals surface area contributed by atoms with Crippen LogP contribution in [0.25, 0.3) is 0 Å². The number of methoxy groups -OCH3 is 1. The van der Waals surface area contributed by atoms with Crippen LogP contribution in [0.5, 0.6) is 5.75 Å². The predicted octanol–water partition coefficient (Wildman–Crippen LogP) is 7.30. The van der Waals surface area contributed by atoms with Crippen LogP contribution in [0.4, 0.5) is 14.0 Å². The molecule has 4 atom stereocenters. The molecule has 77 heavy (non-hydrogen) atoms. The highest BCUT2D eigenvalue weighted by Crippen LogP contribution is 2.28. The number of amides is 8. The molecule has 2 aromatic carbocycles. The molecule has 0 spiro atoms. The molecule has 0 bridgehead atoms. The van der Waals surface area contributed by atoms with Gasteiger partial charge in [0.15, 0.2) is 0 Å². The monoisotopic (exact) mass is 1080 g/mol. The summed E-state index contributed by atoms with van der Waals surface area (Å²) in [4.78, 5) is 110. The van der Waals surface area contributed by atoms with Crippen molar-refractivity contribution < 1.29 is 62.7 Å². The zero-order valence-corrected chi connectivity index (χ0v) is 47.2. The van der Waals surface area contributed by atoms with Gasteiger partial charge < -0.3 is 45.3 Å². The lowest BCUT2D eigenvalue weighted by Gasteiger charge is -2.36. The summed E-state index contributed by atoms with van der Waals surface area (Å²) in [5.41, 5.74) is 0.355. The second-order valence-electron chi connectivity index (χ2n) is 23.2. The van der Waals surface area contributed by atoms with E-state index in [0.717, 1.165) is 24.0 Å². The summed E-state index contributed by atoms with van der Waals surface area (Å²) in [6.45, 7) is 21.6. The number of likely N-dealkylation sites (tertiary alicyclic amines) is 4. The molecular formula is C57H93FN8O11. The van der Waals surface area contributed by atoms with Gasteiger partial charge in [0.25, 0.3) is 0 Å². The van der Waals surface area contributed by atoms with Gasteiger partial charge in [0.05, 0.1) is 7.11 Å². The first kappa shape index (κ1) is 61.4. The van der Waals surface area contributed by atoms with E-state index in [9.17, 15) is 42.7 Å². The number of carbonyl (C=O) groups excluding carboxylic acids is 8. The molecule has 0 aromatic heterocycles. The van der Waals surface area contributed by atoms with Gasteiger partial charge in [0.2, 0.25) is 35.4 Å². The summed E-state index contributed by atoms with van der Waals surface area (Å²) < 4.78 is 29.4. The molecule has 4 N–H and O–H groups in total. The standard InChI is InChI=1S/C29H44N4O6.C28H41FN4O5.4H2/c1-19(2)24(26(35)30-18-21-10-7-8-12-23(21)38-6)31-25(34)20-13-16-32(17-14-20)27(36)22-11-9-15-33(22)28(37)39-29(3,4)5;1-18(2)23(25(35)30-17-19-8-10-21(29)11-9-19)31-24(34)20-12-15-32(16-13-20)26(36)22-7-6-14-33(22)27(37)38-28(3,4)5;;;;/h7-8,10,12,19-20,22,24H,9,11,13-18H2,1-6H3,(H,30,35)(H,31,34);8-11,18,20,22-23H,6-7,12-17H2,1-5H3,(H,30,35)(H,31,34);4*1H/t22-,24-;22-,23+;;;;/m00..../s1. The van der Waals surface area contributed by atoms with Gasteiger partial charge in [-0.2, -0.15) is 0 Å². The van der Waals surface area contributed by atoms with Crippen LogP contribution in [0.3, 0.4) is 0 Å². The molecule has 20 heteroatoms. The first-order valence-electron chi connectivity index (χ1n) is 27.4. The van der Waals surface area contributed by atoms with Crippen molar-refractivity contribution in [3.8, 4) is 5.75 Å². The van der Waals surface area contributed by atoms with E-state index in [-0.39, 0.29) is 77.2 Å². The molecule has 19 nitrogen and oxygen atoms in total. The number of nitrogens with one attached hydrogen (secondary N) is 4. The number of hydrogen-bond acceptors (Lipinski definition) is 11. The van der Waals surface area contributed by atoms with Gasteiger partial charge in [-0.05, 0) is 129 Å². The Kier molecular flexibility index (Phi) is 22.1. The van der Waals surface area contributed by atoms with Crippen LogP contribution in [0.1, 0.15) is 137 Å². The van der Waals surface area contributed by atoms with Crippen LogP contribution < -0.4 is 26.0 Å². The fourth-order valence-corrected chi connectivity index (χ4v) is 9.93. The smallest absolute Gasteiger partial charge is 0.410 e. The number of nitrogens with zero attached hydrogens (tertiary/aromatic N) is 4. The van der Waals surface area contributed by atoms with E-state index in [1.165, 1.54) is 21.9 Å². The molecule has 4 saturated heterocycles. The summed E-state index contributed by atoms with van der Waals surface area (Å²) in [6.07, 6.45) is 3.75. The number of piperidine rings is 2. The van der Waals surface area contributed by atoms with E-state index in [0.29, 0.717) is 90.1 Å². The van der Waals surface area contributed by atoms with Crippen LogP contribution in [-0.4, -0.2) is 149 Å². The molecule has 4 heterocycles. The molecular weight excluding hydrogens is 992 g/mol. The molecule has 8 amide bonds. The first-order valence-corrected chi connectivity index (χ1v) is 27.4. The van der Waals surface area contributed by atoms with Crippen LogP contribution in [0.2, 0.25) is 0 Å². The molecule has 0 radical (unpaired) electrons. The topological polar surface area (TPSA) is 225 Å². The minimum Gasteiger partial charge on any atom is -0.496 e. The molecule has 2 aromatic rings. The molecule has 4 aliphatic heterocycles. The lowest BCUT2D eigenvalue weighted by Crippen LogP contribution is -2.54. The molecule has 4 fully saturated rings. The minimum absolute atomic E-state index is 0. The highest BCUT2D eigenvalue weighted by molar-refractivity contribution is 5.91. The zero-order valence-electron chi connectivity index (χ0n) is 47.2. The normalized spacial score (nSPS) is 19.1. The van der Waals surface area contributed by atoms with E-state index in [1.807, 2.05) is 72.7 Å². The number of rotatable bonds is 15. The Morgan fingerprint density at radius 3 is 1.38 bits per heavy atom. The summed E-state index contributed by atoms with van der Waals surface area (Å²) in [7, 11) is 1.58. The van der Waals surface area contributed by atoms with Crippen molar-refractivity contribution in [1.29, 1.82) is 0 Å². The lowest BCUT2D eigenvalue weighted by molar-refractivity contribution is -0.140. The number of hydrogen-bond donors (Lipinski definition) is 4. The Morgan fingerprint density at radius 2 is 0.987 bits per heavy atom. The van der Waals surface area contributed by atoms with Gasteiger partial charge in [0, 0.05) is 75.5 Å². The highest BCUT2D eigenvalue weighted by Gasteiger charge is 2.42. The van der Waals surface area contributed by atoms with Gasteiger partial charge in [-0.3, -0.25) is 38.6 Å². The van der Waals surface area contributed by atoms with Gasteiger partial charge in [-0.1, -0.05) is 58.0 Å². The van der Waals surface area contributed by atoms with Crippen molar-refractivity contribution in [3.05, 3.63) is 65.5 Å². The number of halogens is 1. The average molecular weight is 1090 g/mol. The number of benzene rings is 2. The summed E-state index contributed by atoms with van der Waals surface area (Å²) in [6, 6.07) is 10.9. The van der Waals surface area contributed by atoms with Crippen LogP contribution in [0.15, 0.2) is 48.5 Å². The van der Waals surface area contributed by atoms with E-state index < -0.39 is 47.6 Å². The van der Waals surface area contributed by atoms with Crippen molar-refractivity contribution >= 4 is 47.6 Å². The van der Waals surface area contributed by atoms with Crippen molar-refractivity contribution in [3.63, 3.8) is 0 Å². The molecule has 0 saturated carbocycles. The molecule has 4 aliphatic rings. The predicted molar refractivity (Wildman–Crippen MR) is 296 cm³/mol. The third-order valence-electron chi connectivity index (χ3n) is 14.2. The Labute approximate surface area is 460 Å². The second-order valence-corrected chi connectivity index (χ2v) is 23.2. The Balaban J connectivity index is 0.000000772. The number of ether oxygens (including phenoxy) is 3. The molecule has 0 aliphatic carbocycles. The van der Waals surface area contributed by atoms with Gasteiger partial charge >= 0.3 is 12.2 Å². The van der Waals surface area contributed by atoms with Crippen LogP contribution >= 0.6 is 0 Å². The van der Waals surface area contributed by atoms with Crippen LogP contribution in [0, 0.1) is 29.5 Å². The number of carbonyl (C=O) groups is 8. The Morgan fingerprint density at radius 1 is 0.584 bits per heavy atom. The third kappa shape index (κ3) is 18.1. The highest BCUT2D eigenvalue weighted by atomic mass is 19.1. The molecule has 434 valence electrons. The van der Waals surface area contributed by atoms with Crippen molar-refractivity contribution in [2.75, 3.05) is 46.4 Å². The maximum atomic E-state index is 13.3. The molecule has 6 rings (SSSR count). The summed E-state index contributed by atoms with van der Waals surface area (Å²) in [5.74, 6) is -1.61. The fourth-order valence-electron chi connectivity index (χ4n) is 9.93. The Bertz CT molecular complexity index is 2380. The SMILES string of the molecule is CC(C)[C@@H](NC(=O)C1CCN(C(=O)[C@@H]2CCCN2C(=O)OC(C)(C)C)CC1)C(=O)NCc1ccc(F)cc1.COc1ccccc1CNC(=O)[C@@H](NC(=O)C1CCN(C(=O)[C@@H]2CCCN2C(=O)OC(C)(C)C)CC1)C(C)C.[HH].[HH].[HH].[HH]. The number of para-hydroxylation sites is 1. The summed E-state index contributed by atoms with van der Waals surface area (Å²) in [5, 5.41) is 11.6. The van der Waals surface area contributed by atoms with E-state index >= 15 is 0 Å². The van der Waals surface area contributed by atoms with Crippen molar-refractivity contribution in [1.82, 2.24) is 40.9 Å². The lowest BCUT2D eigenvalue weighted by atomic mass is 9.94. The van der Waals surface area contributed by atoms with E-state index in [2.05, 4.69) is 21.3 Å². The maximum absolute atomic E-state index is 13.3. The third-order valence-corrected chi connectivity index (χ3v) is 14.2. The van der Waals surface area contributed by atoms with Crippen LogP contribution in [-0.2, 0) is 51.3 Å². The quantitative estimate of drug-likeness (QED) is 0.139. The van der Waals surface area contributed by atoms with E-state index in [1.54, 1.807) is 49.8 Å². The van der Waals surface area contributed by atoms with Crippen molar-refractivity contribution in [2.45, 2.75) is 169 Å².